The van der Waals surface area contributed by atoms with Crippen LogP contribution in [0.3, 0.4) is 0 Å². The lowest BCUT2D eigenvalue weighted by atomic mass is 10.2. The van der Waals surface area contributed by atoms with Crippen molar-refractivity contribution in [2.45, 2.75) is 32.2 Å². The van der Waals surface area contributed by atoms with Crippen LogP contribution < -0.4 is 0 Å². The number of thioether (sulfide) groups is 1. The molecule has 2 fully saturated rings. The molecule has 3 rings (SSSR count). The van der Waals surface area contributed by atoms with E-state index in [1.807, 2.05) is 6.92 Å². The van der Waals surface area contributed by atoms with Crippen molar-refractivity contribution >= 4 is 56.0 Å². The predicted molar refractivity (Wildman–Crippen MR) is 112 cm³/mol. The van der Waals surface area contributed by atoms with Gasteiger partial charge in [-0.2, -0.15) is 0 Å². The lowest BCUT2D eigenvalue weighted by Gasteiger charge is -2.27. The topological polar surface area (TPSA) is 87.9 Å². The molecule has 7 nitrogen and oxygen atoms in total. The third kappa shape index (κ3) is 4.84. The molecule has 0 aromatic carbocycles. The van der Waals surface area contributed by atoms with Gasteiger partial charge in [-0.05, 0) is 31.9 Å². The second-order valence-corrected chi connectivity index (χ2v) is 10.6. The van der Waals surface area contributed by atoms with Crippen LogP contribution in [-0.4, -0.2) is 65.0 Å². The van der Waals surface area contributed by atoms with Crippen LogP contribution in [0.25, 0.3) is 6.08 Å². The molecule has 0 saturated carbocycles. The van der Waals surface area contributed by atoms with Gasteiger partial charge in [-0.1, -0.05) is 24.0 Å². The summed E-state index contributed by atoms with van der Waals surface area (Å²) in [6.07, 6.45) is 4.40. The van der Waals surface area contributed by atoms with E-state index in [2.05, 4.69) is 0 Å². The van der Waals surface area contributed by atoms with E-state index in [1.165, 1.54) is 22.9 Å². The summed E-state index contributed by atoms with van der Waals surface area (Å²) in [5, 5.41) is 0. The standard InChI is InChI=1S/C18H22N2O5S3/c1-2-19(13-7-10-28(23,24)12-13)16(21)6-3-8-20-17(22)15(27-18(20)26)11-14-5-4-9-25-14/h4-5,9,11,13H,2-3,6-8,10,12H2,1H3. The molecular formula is C18H22N2O5S3. The molecule has 10 heteroatoms. The second-order valence-electron chi connectivity index (χ2n) is 6.69. The Morgan fingerprint density at radius 3 is 2.89 bits per heavy atom. The van der Waals surface area contributed by atoms with Crippen LogP contribution in [0, 0.1) is 0 Å². The van der Waals surface area contributed by atoms with E-state index in [4.69, 9.17) is 16.6 Å². The van der Waals surface area contributed by atoms with Gasteiger partial charge in [-0.15, -0.1) is 0 Å². The van der Waals surface area contributed by atoms with Crippen LogP contribution >= 0.6 is 24.0 Å². The van der Waals surface area contributed by atoms with Crippen LogP contribution in [0.2, 0.25) is 0 Å². The summed E-state index contributed by atoms with van der Waals surface area (Å²) in [4.78, 5) is 28.7. The molecular weight excluding hydrogens is 420 g/mol. The zero-order valence-electron chi connectivity index (χ0n) is 15.5. The molecule has 152 valence electrons. The van der Waals surface area contributed by atoms with E-state index in [1.54, 1.807) is 23.1 Å². The SMILES string of the molecule is CCN(C(=O)CCCN1C(=O)C(=Cc2ccco2)SC1=S)C1CCS(=O)(=O)C1. The van der Waals surface area contributed by atoms with Gasteiger partial charge < -0.3 is 9.32 Å². The number of carbonyl (C=O) groups excluding carboxylic acids is 2. The molecule has 1 unspecified atom stereocenters. The van der Waals surface area contributed by atoms with Gasteiger partial charge in [0, 0.05) is 31.6 Å². The van der Waals surface area contributed by atoms with Crippen molar-refractivity contribution in [1.29, 1.82) is 0 Å². The molecule has 1 aromatic heterocycles. The summed E-state index contributed by atoms with van der Waals surface area (Å²) >= 11 is 6.51. The monoisotopic (exact) mass is 442 g/mol. The minimum absolute atomic E-state index is 0.0405. The van der Waals surface area contributed by atoms with Gasteiger partial charge in [-0.25, -0.2) is 8.42 Å². The first-order valence-corrected chi connectivity index (χ1v) is 12.1. The van der Waals surface area contributed by atoms with Crippen molar-refractivity contribution in [1.82, 2.24) is 9.80 Å². The summed E-state index contributed by atoms with van der Waals surface area (Å²) in [7, 11) is -3.04. The fourth-order valence-electron chi connectivity index (χ4n) is 3.39. The number of furan rings is 1. The summed E-state index contributed by atoms with van der Waals surface area (Å²) in [5.74, 6) is 0.494. The molecule has 2 aliphatic heterocycles. The number of hydrogen-bond donors (Lipinski definition) is 0. The van der Waals surface area contributed by atoms with E-state index in [-0.39, 0.29) is 35.8 Å². The van der Waals surface area contributed by atoms with Crippen molar-refractivity contribution in [3.63, 3.8) is 0 Å². The molecule has 28 heavy (non-hydrogen) atoms. The Hall–Kier alpha value is -1.65. The fourth-order valence-corrected chi connectivity index (χ4v) is 6.41. The van der Waals surface area contributed by atoms with Crippen LogP contribution in [-0.2, 0) is 19.4 Å². The Morgan fingerprint density at radius 1 is 1.50 bits per heavy atom. The average Bonchev–Trinajstić information content (AvgIpc) is 3.33. The minimum Gasteiger partial charge on any atom is -0.465 e. The zero-order chi connectivity index (χ0) is 20.3. The number of nitrogens with zero attached hydrogens (tertiary/aromatic N) is 2. The fraction of sp³-hybridized carbons (Fsp3) is 0.500. The van der Waals surface area contributed by atoms with Crippen LogP contribution in [0.4, 0.5) is 0 Å². The molecule has 1 aromatic rings. The van der Waals surface area contributed by atoms with Crippen LogP contribution in [0.15, 0.2) is 27.7 Å². The third-order valence-electron chi connectivity index (χ3n) is 4.77. The molecule has 2 amide bonds. The number of hydrogen-bond acceptors (Lipinski definition) is 7. The highest BCUT2D eigenvalue weighted by atomic mass is 32.2. The maximum atomic E-state index is 12.6. The average molecular weight is 443 g/mol. The number of thiocarbonyl (C=S) groups is 1. The van der Waals surface area contributed by atoms with Crippen molar-refractivity contribution in [3.05, 3.63) is 29.1 Å². The van der Waals surface area contributed by atoms with E-state index in [0.717, 1.165) is 0 Å². The Kier molecular flexibility index (Phi) is 6.61. The van der Waals surface area contributed by atoms with Crippen molar-refractivity contribution < 1.29 is 22.4 Å². The van der Waals surface area contributed by atoms with Gasteiger partial charge in [0.15, 0.2) is 9.84 Å². The summed E-state index contributed by atoms with van der Waals surface area (Å²) in [6, 6.07) is 3.26. The normalized spacial score (nSPS) is 23.0. The minimum atomic E-state index is -3.04. The van der Waals surface area contributed by atoms with Gasteiger partial charge in [0.05, 0.1) is 22.7 Å². The first-order chi connectivity index (χ1) is 13.3. The first-order valence-electron chi connectivity index (χ1n) is 9.09. The Morgan fingerprint density at radius 2 is 2.29 bits per heavy atom. The highest BCUT2D eigenvalue weighted by Gasteiger charge is 2.34. The molecule has 3 heterocycles. The van der Waals surface area contributed by atoms with E-state index in [0.29, 0.717) is 40.9 Å². The number of carbonyl (C=O) groups is 2. The number of amides is 2. The molecule has 2 aliphatic rings. The Labute approximate surface area is 174 Å². The highest BCUT2D eigenvalue weighted by molar-refractivity contribution is 8.26. The molecule has 0 radical (unpaired) electrons. The zero-order valence-corrected chi connectivity index (χ0v) is 17.9. The lowest BCUT2D eigenvalue weighted by Crippen LogP contribution is -2.41. The molecule has 0 bridgehead atoms. The quantitative estimate of drug-likeness (QED) is 0.473. The first kappa shape index (κ1) is 21.1. The van der Waals surface area contributed by atoms with Crippen molar-refractivity contribution in [3.8, 4) is 0 Å². The van der Waals surface area contributed by atoms with Crippen LogP contribution in [0.1, 0.15) is 31.9 Å². The van der Waals surface area contributed by atoms with Crippen molar-refractivity contribution in [2.75, 3.05) is 24.6 Å². The van der Waals surface area contributed by atoms with Gasteiger partial charge >= 0.3 is 0 Å². The van der Waals surface area contributed by atoms with E-state index >= 15 is 0 Å². The number of sulfone groups is 1. The highest BCUT2D eigenvalue weighted by Crippen LogP contribution is 2.32. The summed E-state index contributed by atoms with van der Waals surface area (Å²) < 4.78 is 29.1. The van der Waals surface area contributed by atoms with E-state index in [9.17, 15) is 18.0 Å². The van der Waals surface area contributed by atoms with Gasteiger partial charge in [-0.3, -0.25) is 14.5 Å². The molecule has 2 saturated heterocycles. The maximum Gasteiger partial charge on any atom is 0.266 e. The molecule has 0 N–H and O–H groups in total. The molecule has 1 atom stereocenters. The third-order valence-corrected chi connectivity index (χ3v) is 7.90. The predicted octanol–water partition coefficient (Wildman–Crippen LogP) is 2.30. The Bertz CT molecular complexity index is 892. The van der Waals surface area contributed by atoms with Crippen LogP contribution in [0.5, 0.6) is 0 Å². The Balaban J connectivity index is 1.53. The summed E-state index contributed by atoms with van der Waals surface area (Å²) in [6.45, 7) is 2.68. The molecule has 0 aliphatic carbocycles. The summed E-state index contributed by atoms with van der Waals surface area (Å²) in [5.41, 5.74) is 0. The maximum absolute atomic E-state index is 12.6. The van der Waals surface area contributed by atoms with Gasteiger partial charge in [0.1, 0.15) is 10.1 Å². The second kappa shape index (κ2) is 8.79. The largest absolute Gasteiger partial charge is 0.465 e. The van der Waals surface area contributed by atoms with E-state index < -0.39 is 9.84 Å². The van der Waals surface area contributed by atoms with Crippen molar-refractivity contribution in [2.24, 2.45) is 0 Å². The molecule has 0 spiro atoms. The smallest absolute Gasteiger partial charge is 0.266 e. The van der Waals surface area contributed by atoms with Gasteiger partial charge in [0.25, 0.3) is 5.91 Å². The van der Waals surface area contributed by atoms with Gasteiger partial charge in [0.2, 0.25) is 5.91 Å². The number of rotatable bonds is 7. The lowest BCUT2D eigenvalue weighted by molar-refractivity contribution is -0.133.